The maximum atomic E-state index is 5.05. The van der Waals surface area contributed by atoms with Crippen LogP contribution < -0.4 is 29.6 Å². The summed E-state index contributed by atoms with van der Waals surface area (Å²) in [6.45, 7) is 0. The Hall–Kier alpha value is 3.43. The minimum atomic E-state index is -5.29. The number of rotatable bonds is 0. The van der Waals surface area contributed by atoms with E-state index >= 15 is 0 Å². The van der Waals surface area contributed by atoms with E-state index < -0.39 is 7.31 Å². The molecule has 0 nitrogen and oxygen atoms in total. The summed E-state index contributed by atoms with van der Waals surface area (Å²) in [5, 5.41) is 0. The molecule has 0 aliphatic carbocycles. The molecule has 0 saturated carbocycles. The van der Waals surface area contributed by atoms with Gasteiger partial charge in [0.05, 0.1) is 0 Å². The van der Waals surface area contributed by atoms with Gasteiger partial charge in [-0.1, -0.05) is 0 Å². The summed E-state index contributed by atoms with van der Waals surface area (Å²) in [5.74, 6) is 0. The molecule has 0 saturated heterocycles. The fraction of sp³-hybridized carbons (Fsp3) is 0. The molecule has 0 aliphatic rings. The normalized spacial score (nSPS) is 20.2. The molecule has 8 heavy (non-hydrogen) atoms. The summed E-state index contributed by atoms with van der Waals surface area (Å²) in [4.78, 5) is 0. The van der Waals surface area contributed by atoms with Crippen LogP contribution in [0.2, 0.25) is 0 Å². The van der Waals surface area contributed by atoms with Gasteiger partial charge in [-0.3, -0.25) is 0 Å². The van der Waals surface area contributed by atoms with Crippen molar-refractivity contribution in [2.24, 2.45) is 0 Å². The van der Waals surface area contributed by atoms with Crippen LogP contribution in [0.4, 0.5) is 0 Å². The summed E-state index contributed by atoms with van der Waals surface area (Å²) < 4.78 is 0. The van der Waals surface area contributed by atoms with Crippen LogP contribution in [0, 0.1) is 0 Å². The monoisotopic (exact) mass is 428 g/mol. The predicted molar refractivity (Wildman–Crippen MR) is 35.1 cm³/mol. The fourth-order valence-corrected chi connectivity index (χ4v) is 0. The van der Waals surface area contributed by atoms with Crippen LogP contribution >= 0.6 is 56.5 Å². The molecule has 0 bridgehead atoms. The van der Waals surface area contributed by atoms with Crippen molar-refractivity contribution < 1.29 is 36.9 Å². The van der Waals surface area contributed by atoms with Gasteiger partial charge in [0.25, 0.3) is 0 Å². The first-order chi connectivity index (χ1) is 2.45. The Morgan fingerprint density at radius 3 is 0.625 bits per heavy atom. The average Bonchev–Trinajstić information content (AvgIpc) is 0.592. The second-order valence-corrected chi connectivity index (χ2v) is 49.9. The third-order valence-corrected chi connectivity index (χ3v) is 0. The van der Waals surface area contributed by atoms with Crippen molar-refractivity contribution in [3.05, 3.63) is 0 Å². The first-order valence-corrected chi connectivity index (χ1v) is 17.6. The molecule has 0 atom stereocenters. The van der Waals surface area contributed by atoms with E-state index in [1.54, 1.807) is 0 Å². The minimum absolute atomic E-state index is 0. The summed E-state index contributed by atoms with van der Waals surface area (Å²) in [6, 6.07) is 0. The largest absolute Gasteiger partial charge is 1.00 e. The van der Waals surface area contributed by atoms with Crippen molar-refractivity contribution in [2.45, 2.75) is 0 Å². The van der Waals surface area contributed by atoms with E-state index in [-0.39, 0.29) is 29.6 Å². The van der Waals surface area contributed by atoms with E-state index in [0.717, 1.165) is 0 Å². The molecule has 0 rings (SSSR count). The standard InChI is InChI=1S/6ClH.Na.Pt/h6*1H;;/q;;;;;;+1;+5/p-6. The van der Waals surface area contributed by atoms with Crippen LogP contribution in [0.15, 0.2) is 0 Å². The molecule has 0 aromatic rings. The van der Waals surface area contributed by atoms with Crippen LogP contribution in [0.1, 0.15) is 0 Å². The Morgan fingerprint density at radius 2 is 0.625 bits per heavy atom. The van der Waals surface area contributed by atoms with E-state index in [1.807, 2.05) is 0 Å². The van der Waals surface area contributed by atoms with Gasteiger partial charge in [0, 0.05) is 0 Å². The Morgan fingerprint density at radius 1 is 0.625 bits per heavy atom. The summed E-state index contributed by atoms with van der Waals surface area (Å²) >= 11 is 0. The predicted octanol–water partition coefficient (Wildman–Crippen LogP) is 1.14. The summed E-state index contributed by atoms with van der Waals surface area (Å²) in [7, 11) is 25.0. The van der Waals surface area contributed by atoms with E-state index in [0.29, 0.717) is 0 Å². The average molecular weight is 431 g/mol. The summed E-state index contributed by atoms with van der Waals surface area (Å²) in [5.41, 5.74) is 0. The van der Waals surface area contributed by atoms with Gasteiger partial charge >= 0.3 is 93.4 Å². The number of hydrogen-bond donors (Lipinski definition) is 0. The third kappa shape index (κ3) is 57.0. The van der Waals surface area contributed by atoms with Crippen molar-refractivity contribution in [1.29, 1.82) is 0 Å². The van der Waals surface area contributed by atoms with Gasteiger partial charge in [0.2, 0.25) is 0 Å². The van der Waals surface area contributed by atoms with Crippen LogP contribution in [0.3, 0.4) is 0 Å². The van der Waals surface area contributed by atoms with Crippen LogP contribution in [0.5, 0.6) is 0 Å². The van der Waals surface area contributed by atoms with E-state index in [4.69, 9.17) is 56.5 Å². The van der Waals surface area contributed by atoms with E-state index in [9.17, 15) is 0 Å². The molecule has 0 aromatic heterocycles. The van der Waals surface area contributed by atoms with E-state index in [2.05, 4.69) is 0 Å². The first-order valence-electron chi connectivity index (χ1n) is 0.717. The zero-order valence-electron chi connectivity index (χ0n) is 3.58. The third-order valence-electron chi connectivity index (χ3n) is 0. The molecule has 0 aromatic carbocycles. The van der Waals surface area contributed by atoms with Gasteiger partial charge in [-0.05, 0) is 0 Å². The molecular formula is Cl6NaPt. The maximum Gasteiger partial charge on any atom is 1.00 e. The summed E-state index contributed by atoms with van der Waals surface area (Å²) in [6.07, 6.45) is 0. The van der Waals surface area contributed by atoms with Gasteiger partial charge in [0.15, 0.2) is 0 Å². The van der Waals surface area contributed by atoms with Crippen LogP contribution in [-0.4, -0.2) is 0 Å². The van der Waals surface area contributed by atoms with Crippen molar-refractivity contribution >= 4 is 56.5 Å². The Bertz CT molecular complexity index is 67.1. The Balaban J connectivity index is 0. The van der Waals surface area contributed by atoms with Gasteiger partial charge in [-0.15, -0.1) is 0 Å². The second kappa shape index (κ2) is 2.73. The molecule has 0 aliphatic heterocycles. The van der Waals surface area contributed by atoms with Crippen molar-refractivity contribution in [2.75, 3.05) is 0 Å². The number of hydrogen-bond acceptors (Lipinski definition) is 0. The molecular weight excluding hydrogens is 431 g/mol. The first kappa shape index (κ1) is 14.0. The molecule has 53 valence electrons. The molecule has 0 amide bonds. The molecule has 0 spiro atoms. The quantitative estimate of drug-likeness (QED) is 0.506. The molecule has 0 N–H and O–H groups in total. The zero-order valence-corrected chi connectivity index (χ0v) is 12.4. The maximum absolute atomic E-state index is 5.29. The smallest absolute Gasteiger partial charge is 1.00 e. The topological polar surface area (TPSA) is 0 Å². The van der Waals surface area contributed by atoms with Gasteiger partial charge in [-0.25, -0.2) is 0 Å². The Labute approximate surface area is 91.4 Å². The molecule has 0 fully saturated rings. The van der Waals surface area contributed by atoms with Gasteiger partial charge in [-0.2, -0.15) is 0 Å². The molecule has 0 heterocycles. The molecule has 8 heteroatoms. The van der Waals surface area contributed by atoms with Crippen molar-refractivity contribution in [3.8, 4) is 0 Å². The Kier molecular flexibility index (Phi) is 4.77. The van der Waals surface area contributed by atoms with Crippen LogP contribution in [-0.2, 0) is 7.31 Å². The second-order valence-electron chi connectivity index (χ2n) is 0.678. The van der Waals surface area contributed by atoms with Crippen molar-refractivity contribution in [1.82, 2.24) is 0 Å². The van der Waals surface area contributed by atoms with Crippen molar-refractivity contribution in [3.63, 3.8) is 0 Å². The SMILES string of the molecule is [Cl][Pt-]([Cl])([Cl])([Cl])([Cl])[Cl].[Na+]. The van der Waals surface area contributed by atoms with Gasteiger partial charge < -0.3 is 0 Å². The van der Waals surface area contributed by atoms with Gasteiger partial charge in [0.1, 0.15) is 0 Å². The molecule has 0 unspecified atom stereocenters. The van der Waals surface area contributed by atoms with Crippen LogP contribution in [0.25, 0.3) is 0 Å². The minimum Gasteiger partial charge on any atom is 1.00 e. The van der Waals surface area contributed by atoms with E-state index in [1.165, 1.54) is 0 Å². The number of halogens is 6. The fourth-order valence-electron chi connectivity index (χ4n) is 0. The zero-order chi connectivity index (χ0) is 6.41. The molecule has 0 radical (unpaired) electrons.